The Morgan fingerprint density at radius 2 is 1.90 bits per heavy atom. The molecule has 0 radical (unpaired) electrons. The Balaban J connectivity index is 1.90. The van der Waals surface area contributed by atoms with Gasteiger partial charge in [-0.15, -0.1) is 13.2 Å². The second-order valence-corrected chi connectivity index (χ2v) is 8.91. The van der Waals surface area contributed by atoms with Crippen molar-refractivity contribution in [1.82, 2.24) is 15.1 Å². The van der Waals surface area contributed by atoms with E-state index in [4.69, 9.17) is 17.3 Å². The molecule has 0 spiro atoms. The van der Waals surface area contributed by atoms with E-state index in [0.29, 0.717) is 24.2 Å². The van der Waals surface area contributed by atoms with Crippen LogP contribution in [0.2, 0.25) is 0 Å². The van der Waals surface area contributed by atoms with Gasteiger partial charge in [-0.25, -0.2) is 4.79 Å². The van der Waals surface area contributed by atoms with Crippen molar-refractivity contribution >= 4 is 29.1 Å². The van der Waals surface area contributed by atoms with E-state index in [-0.39, 0.29) is 17.7 Å². The third kappa shape index (κ3) is 5.17. The number of piperazine rings is 1. The van der Waals surface area contributed by atoms with E-state index in [2.05, 4.69) is 10.1 Å². The minimum atomic E-state index is -4.85. The van der Waals surface area contributed by atoms with Gasteiger partial charge in [0, 0.05) is 30.7 Å². The van der Waals surface area contributed by atoms with Crippen LogP contribution in [0.3, 0.4) is 0 Å². The van der Waals surface area contributed by atoms with Crippen LogP contribution in [-0.4, -0.2) is 59.3 Å². The number of ether oxygens (including phenoxy) is 1. The fraction of sp³-hybridized carbons (Fsp3) is 0.500. The van der Waals surface area contributed by atoms with Crippen LogP contribution in [0, 0.1) is 5.92 Å². The van der Waals surface area contributed by atoms with Gasteiger partial charge in [0.1, 0.15) is 10.9 Å². The van der Waals surface area contributed by atoms with Crippen molar-refractivity contribution in [1.29, 1.82) is 0 Å². The highest BCUT2D eigenvalue weighted by molar-refractivity contribution is 6.33. The molecule has 11 heteroatoms. The van der Waals surface area contributed by atoms with E-state index >= 15 is 0 Å². The van der Waals surface area contributed by atoms with Crippen LogP contribution in [0.5, 0.6) is 5.75 Å². The first kappa shape index (κ1) is 23.1. The maximum Gasteiger partial charge on any atom is 0.573 e. The first-order valence-corrected chi connectivity index (χ1v) is 10.0. The Morgan fingerprint density at radius 1 is 1.23 bits per heavy atom. The highest BCUT2D eigenvalue weighted by atomic mass is 35.5. The third-order valence-corrected chi connectivity index (χ3v) is 5.46. The quantitative estimate of drug-likeness (QED) is 0.678. The number of hydrogen-bond acceptors (Lipinski definition) is 4. The standard InChI is InChI=1S/C20H24ClF3N4O3/c1-19(2,3)26-18(30)27-7-8-28-13(10-27)15(17(25)29)14(16(28)21)11-5-4-6-12(9-11)31-20(22,23)24/h4-6,9,13,15H,7-8,10H2,1-3H3,(H2,25,29)(H,26,30). The molecule has 1 aromatic rings. The van der Waals surface area contributed by atoms with Gasteiger partial charge >= 0.3 is 12.4 Å². The average molecular weight is 461 g/mol. The fourth-order valence-corrected chi connectivity index (χ4v) is 4.33. The van der Waals surface area contributed by atoms with Crippen molar-refractivity contribution in [2.24, 2.45) is 11.7 Å². The van der Waals surface area contributed by atoms with E-state index < -0.39 is 35.5 Å². The fourth-order valence-electron chi connectivity index (χ4n) is 3.89. The van der Waals surface area contributed by atoms with Crippen molar-refractivity contribution in [2.75, 3.05) is 19.6 Å². The number of urea groups is 1. The number of amides is 3. The monoisotopic (exact) mass is 460 g/mol. The summed E-state index contributed by atoms with van der Waals surface area (Å²) in [6.45, 7) is 6.48. The third-order valence-electron chi connectivity index (χ3n) is 5.04. The molecule has 3 amide bonds. The Labute approximate surface area is 182 Å². The number of nitrogens with zero attached hydrogens (tertiary/aromatic N) is 2. The molecule has 31 heavy (non-hydrogen) atoms. The number of alkyl halides is 3. The van der Waals surface area contributed by atoms with Crippen LogP contribution in [0.1, 0.15) is 26.3 Å². The number of carbonyl (C=O) groups excluding carboxylic acids is 2. The topological polar surface area (TPSA) is 87.9 Å². The van der Waals surface area contributed by atoms with Crippen molar-refractivity contribution in [3.8, 4) is 5.75 Å². The maximum absolute atomic E-state index is 12.6. The van der Waals surface area contributed by atoms with Gasteiger partial charge in [0.2, 0.25) is 5.91 Å². The summed E-state index contributed by atoms with van der Waals surface area (Å²) in [7, 11) is 0. The van der Waals surface area contributed by atoms with Gasteiger partial charge < -0.3 is 25.6 Å². The molecule has 1 aromatic carbocycles. The summed E-state index contributed by atoms with van der Waals surface area (Å²) in [5, 5.41) is 3.11. The van der Waals surface area contributed by atoms with E-state index in [9.17, 15) is 22.8 Å². The van der Waals surface area contributed by atoms with Gasteiger partial charge in [0.05, 0.1) is 12.0 Å². The molecule has 0 aromatic heterocycles. The summed E-state index contributed by atoms with van der Waals surface area (Å²) in [5.41, 5.74) is 5.86. The highest BCUT2D eigenvalue weighted by Crippen LogP contribution is 2.44. The lowest BCUT2D eigenvalue weighted by atomic mass is 9.88. The van der Waals surface area contributed by atoms with Crippen LogP contribution >= 0.6 is 11.6 Å². The second kappa shape index (κ2) is 8.14. The molecule has 3 N–H and O–H groups in total. The first-order valence-electron chi connectivity index (χ1n) is 9.66. The molecular formula is C20H24ClF3N4O3. The number of benzene rings is 1. The lowest BCUT2D eigenvalue weighted by molar-refractivity contribution is -0.274. The molecule has 1 fully saturated rings. The summed E-state index contributed by atoms with van der Waals surface area (Å²) in [5.74, 6) is -2.01. The van der Waals surface area contributed by atoms with Crippen molar-refractivity contribution in [3.05, 3.63) is 35.0 Å². The van der Waals surface area contributed by atoms with E-state index in [1.54, 1.807) is 15.9 Å². The summed E-state index contributed by atoms with van der Waals surface area (Å²) in [6, 6.07) is 4.45. The Bertz CT molecular complexity index is 914. The largest absolute Gasteiger partial charge is 0.573 e. The number of carbonyl (C=O) groups is 2. The molecule has 2 atom stereocenters. The maximum atomic E-state index is 12.6. The SMILES string of the molecule is CC(C)(C)NC(=O)N1CCN2C(Cl)=C(c3cccc(OC(F)(F)F)c3)C(C(N)=O)C2C1. The number of nitrogens with one attached hydrogen (secondary N) is 1. The number of rotatable bonds is 3. The molecule has 0 saturated carbocycles. The number of fused-ring (bicyclic) bond motifs is 1. The second-order valence-electron chi connectivity index (χ2n) is 8.55. The summed E-state index contributed by atoms with van der Waals surface area (Å²) in [6.07, 6.45) is -4.85. The predicted molar refractivity (Wildman–Crippen MR) is 109 cm³/mol. The highest BCUT2D eigenvalue weighted by Gasteiger charge is 2.47. The van der Waals surface area contributed by atoms with Crippen LogP contribution in [-0.2, 0) is 4.79 Å². The summed E-state index contributed by atoms with van der Waals surface area (Å²) in [4.78, 5) is 28.3. The van der Waals surface area contributed by atoms with Gasteiger partial charge in [0.25, 0.3) is 0 Å². The van der Waals surface area contributed by atoms with Gasteiger partial charge in [-0.05, 0) is 38.5 Å². The van der Waals surface area contributed by atoms with Gasteiger partial charge in [-0.1, -0.05) is 23.7 Å². The molecule has 2 aliphatic rings. The van der Waals surface area contributed by atoms with Crippen molar-refractivity contribution < 1.29 is 27.5 Å². The zero-order chi connectivity index (χ0) is 23.1. The van der Waals surface area contributed by atoms with Gasteiger partial charge in [0.15, 0.2) is 0 Å². The predicted octanol–water partition coefficient (Wildman–Crippen LogP) is 3.10. The van der Waals surface area contributed by atoms with Crippen molar-refractivity contribution in [2.45, 2.75) is 38.7 Å². The molecule has 0 aliphatic carbocycles. The molecular weight excluding hydrogens is 437 g/mol. The number of primary amides is 1. The van der Waals surface area contributed by atoms with E-state index in [1.807, 2.05) is 20.8 Å². The molecule has 170 valence electrons. The van der Waals surface area contributed by atoms with Gasteiger partial charge in [-0.3, -0.25) is 4.79 Å². The molecule has 2 aliphatic heterocycles. The summed E-state index contributed by atoms with van der Waals surface area (Å²) < 4.78 is 41.9. The zero-order valence-corrected chi connectivity index (χ0v) is 18.0. The summed E-state index contributed by atoms with van der Waals surface area (Å²) >= 11 is 6.56. The zero-order valence-electron chi connectivity index (χ0n) is 17.3. The molecule has 2 unspecified atom stereocenters. The smallest absolute Gasteiger partial charge is 0.406 e. The lowest BCUT2D eigenvalue weighted by Crippen LogP contribution is -2.59. The minimum absolute atomic E-state index is 0.188. The van der Waals surface area contributed by atoms with Gasteiger partial charge in [-0.2, -0.15) is 0 Å². The minimum Gasteiger partial charge on any atom is -0.406 e. The van der Waals surface area contributed by atoms with Crippen molar-refractivity contribution in [3.63, 3.8) is 0 Å². The molecule has 0 bridgehead atoms. The van der Waals surface area contributed by atoms with Crippen LogP contribution in [0.25, 0.3) is 5.57 Å². The Hall–Kier alpha value is -2.62. The molecule has 2 heterocycles. The molecule has 1 saturated heterocycles. The molecule has 7 nitrogen and oxygen atoms in total. The van der Waals surface area contributed by atoms with Crippen LogP contribution in [0.15, 0.2) is 29.4 Å². The first-order chi connectivity index (χ1) is 14.3. The average Bonchev–Trinajstić information content (AvgIpc) is 2.91. The van der Waals surface area contributed by atoms with Crippen LogP contribution in [0.4, 0.5) is 18.0 Å². The number of hydrogen-bond donors (Lipinski definition) is 2. The normalized spacial score (nSPS) is 21.8. The Kier molecular flexibility index (Phi) is 6.05. The number of halogens is 4. The number of nitrogens with two attached hydrogens (primary N) is 1. The van der Waals surface area contributed by atoms with E-state index in [0.717, 1.165) is 6.07 Å². The van der Waals surface area contributed by atoms with E-state index in [1.165, 1.54) is 12.1 Å². The Morgan fingerprint density at radius 3 is 2.48 bits per heavy atom. The van der Waals surface area contributed by atoms with Crippen LogP contribution < -0.4 is 15.8 Å². The lowest BCUT2D eigenvalue weighted by Gasteiger charge is -2.41. The molecule has 3 rings (SSSR count).